The zero-order valence-corrected chi connectivity index (χ0v) is 15.2. The fourth-order valence-electron chi connectivity index (χ4n) is 1.78. The van der Waals surface area contributed by atoms with E-state index in [2.05, 4.69) is 33.0 Å². The summed E-state index contributed by atoms with van der Waals surface area (Å²) in [5.74, 6) is 3.54. The van der Waals surface area contributed by atoms with Crippen LogP contribution in [0.3, 0.4) is 0 Å². The Bertz CT molecular complexity index is 447. The van der Waals surface area contributed by atoms with E-state index in [9.17, 15) is 0 Å². The molecule has 0 unspecified atom stereocenters. The van der Waals surface area contributed by atoms with Crippen molar-refractivity contribution in [3.63, 3.8) is 0 Å². The second kappa shape index (κ2) is 8.76. The van der Waals surface area contributed by atoms with Gasteiger partial charge in [-0.3, -0.25) is 0 Å². The second-order valence-corrected chi connectivity index (χ2v) is 7.58. The Labute approximate surface area is 137 Å². The Morgan fingerprint density at radius 3 is 2.57 bits per heavy atom. The van der Waals surface area contributed by atoms with E-state index in [4.69, 9.17) is 21.1 Å². The first kappa shape index (κ1) is 18.5. The SMILES string of the molecule is CCSCCOc1c(CNC(C)(C)C)cc(Cl)cc1OC. The molecule has 21 heavy (non-hydrogen) atoms. The lowest BCUT2D eigenvalue weighted by molar-refractivity contribution is 0.307. The van der Waals surface area contributed by atoms with Crippen LogP contribution < -0.4 is 14.8 Å². The standard InChI is InChI=1S/C16H26ClNO2S/c1-6-21-8-7-20-15-12(11-18-16(2,3)4)9-13(17)10-14(15)19-5/h9-10,18H,6-8,11H2,1-5H3. The molecule has 3 nitrogen and oxygen atoms in total. The average Bonchev–Trinajstić information content (AvgIpc) is 2.41. The highest BCUT2D eigenvalue weighted by atomic mass is 35.5. The highest BCUT2D eigenvalue weighted by molar-refractivity contribution is 7.99. The number of benzene rings is 1. The molecule has 0 bridgehead atoms. The number of ether oxygens (including phenoxy) is 2. The third-order valence-corrected chi connectivity index (χ3v) is 3.89. The van der Waals surface area contributed by atoms with Gasteiger partial charge in [-0.15, -0.1) is 0 Å². The van der Waals surface area contributed by atoms with Crippen LogP contribution in [0.15, 0.2) is 12.1 Å². The third kappa shape index (κ3) is 6.81. The van der Waals surface area contributed by atoms with Gasteiger partial charge >= 0.3 is 0 Å². The fraction of sp³-hybridized carbons (Fsp3) is 0.625. The molecule has 1 aromatic rings. The lowest BCUT2D eigenvalue weighted by Crippen LogP contribution is -2.35. The maximum atomic E-state index is 6.17. The van der Waals surface area contributed by atoms with E-state index in [1.807, 2.05) is 17.8 Å². The molecule has 0 amide bonds. The van der Waals surface area contributed by atoms with E-state index < -0.39 is 0 Å². The smallest absolute Gasteiger partial charge is 0.165 e. The minimum absolute atomic E-state index is 0.0326. The molecule has 0 aliphatic carbocycles. The number of halogens is 1. The quantitative estimate of drug-likeness (QED) is 0.717. The van der Waals surface area contributed by atoms with Crippen LogP contribution in [-0.2, 0) is 6.54 Å². The number of thioether (sulfide) groups is 1. The van der Waals surface area contributed by atoms with Crippen LogP contribution in [0.1, 0.15) is 33.3 Å². The Hall–Kier alpha value is -0.580. The van der Waals surface area contributed by atoms with Gasteiger partial charge < -0.3 is 14.8 Å². The molecule has 0 aliphatic rings. The monoisotopic (exact) mass is 331 g/mol. The predicted molar refractivity (Wildman–Crippen MR) is 93.1 cm³/mol. The average molecular weight is 332 g/mol. The van der Waals surface area contributed by atoms with Crippen molar-refractivity contribution in [2.75, 3.05) is 25.2 Å². The number of rotatable bonds is 8. The summed E-state index contributed by atoms with van der Waals surface area (Å²) in [7, 11) is 1.64. The van der Waals surface area contributed by atoms with Crippen molar-refractivity contribution in [1.29, 1.82) is 0 Å². The van der Waals surface area contributed by atoms with Crippen LogP contribution in [0.25, 0.3) is 0 Å². The van der Waals surface area contributed by atoms with Crippen LogP contribution in [0, 0.1) is 0 Å². The van der Waals surface area contributed by atoms with Gasteiger partial charge in [0.15, 0.2) is 11.5 Å². The summed E-state index contributed by atoms with van der Waals surface area (Å²) in [4.78, 5) is 0. The van der Waals surface area contributed by atoms with Gasteiger partial charge in [0, 0.05) is 34.5 Å². The van der Waals surface area contributed by atoms with Crippen molar-refractivity contribution in [3.8, 4) is 11.5 Å². The maximum Gasteiger partial charge on any atom is 0.165 e. The first-order chi connectivity index (χ1) is 9.87. The first-order valence-corrected chi connectivity index (χ1v) is 8.72. The molecule has 0 atom stereocenters. The highest BCUT2D eigenvalue weighted by Crippen LogP contribution is 2.35. The van der Waals surface area contributed by atoms with Crippen LogP contribution in [-0.4, -0.2) is 30.8 Å². The molecule has 0 fully saturated rings. The van der Waals surface area contributed by atoms with Crippen molar-refractivity contribution in [1.82, 2.24) is 5.32 Å². The summed E-state index contributed by atoms with van der Waals surface area (Å²) in [5, 5.41) is 4.12. The zero-order chi connectivity index (χ0) is 15.9. The van der Waals surface area contributed by atoms with Crippen molar-refractivity contribution >= 4 is 23.4 Å². The minimum atomic E-state index is 0.0326. The molecular weight excluding hydrogens is 306 g/mol. The topological polar surface area (TPSA) is 30.5 Å². The Balaban J connectivity index is 2.88. The van der Waals surface area contributed by atoms with E-state index in [1.165, 1.54) is 0 Å². The molecule has 1 rings (SSSR count). The van der Waals surface area contributed by atoms with Crippen LogP contribution in [0.2, 0.25) is 5.02 Å². The van der Waals surface area contributed by atoms with Crippen molar-refractivity contribution in [2.45, 2.75) is 39.8 Å². The number of hydrogen-bond acceptors (Lipinski definition) is 4. The van der Waals surface area contributed by atoms with Crippen molar-refractivity contribution in [2.24, 2.45) is 0 Å². The largest absolute Gasteiger partial charge is 0.493 e. The molecule has 0 heterocycles. The normalized spacial score (nSPS) is 11.5. The predicted octanol–water partition coefficient (Wildman–Crippen LogP) is 4.37. The summed E-state index contributed by atoms with van der Waals surface area (Å²) < 4.78 is 11.3. The molecule has 0 spiro atoms. The molecule has 0 radical (unpaired) electrons. The van der Waals surface area contributed by atoms with Crippen LogP contribution in [0.5, 0.6) is 11.5 Å². The number of nitrogens with one attached hydrogen (secondary N) is 1. The van der Waals surface area contributed by atoms with Gasteiger partial charge in [0.2, 0.25) is 0 Å². The molecule has 1 aromatic carbocycles. The van der Waals surface area contributed by atoms with Gasteiger partial charge in [-0.05, 0) is 32.6 Å². The molecule has 5 heteroatoms. The van der Waals surface area contributed by atoms with Gasteiger partial charge in [0.25, 0.3) is 0 Å². The van der Waals surface area contributed by atoms with Gasteiger partial charge in [-0.2, -0.15) is 11.8 Å². The first-order valence-electron chi connectivity index (χ1n) is 7.19. The second-order valence-electron chi connectivity index (χ2n) is 5.75. The Morgan fingerprint density at radius 1 is 1.29 bits per heavy atom. The van der Waals surface area contributed by atoms with E-state index in [0.29, 0.717) is 23.9 Å². The lowest BCUT2D eigenvalue weighted by atomic mass is 10.1. The Morgan fingerprint density at radius 2 is 2.00 bits per heavy atom. The maximum absolute atomic E-state index is 6.17. The number of methoxy groups -OCH3 is 1. The molecule has 0 saturated heterocycles. The van der Waals surface area contributed by atoms with Crippen LogP contribution >= 0.6 is 23.4 Å². The van der Waals surface area contributed by atoms with Gasteiger partial charge in [-0.25, -0.2) is 0 Å². The minimum Gasteiger partial charge on any atom is -0.493 e. The van der Waals surface area contributed by atoms with Gasteiger partial charge in [0.05, 0.1) is 13.7 Å². The van der Waals surface area contributed by atoms with Gasteiger partial charge in [0.1, 0.15) is 0 Å². The summed E-state index contributed by atoms with van der Waals surface area (Å²) in [6, 6.07) is 3.73. The van der Waals surface area contributed by atoms with E-state index in [0.717, 1.165) is 22.8 Å². The van der Waals surface area contributed by atoms with E-state index in [1.54, 1.807) is 13.2 Å². The van der Waals surface area contributed by atoms with E-state index in [-0.39, 0.29) is 5.54 Å². The summed E-state index contributed by atoms with van der Waals surface area (Å²) in [6.07, 6.45) is 0. The lowest BCUT2D eigenvalue weighted by Gasteiger charge is -2.22. The third-order valence-electron chi connectivity index (χ3n) is 2.80. The molecule has 1 N–H and O–H groups in total. The molecule has 0 aromatic heterocycles. The van der Waals surface area contributed by atoms with Crippen LogP contribution in [0.4, 0.5) is 0 Å². The summed E-state index contributed by atoms with van der Waals surface area (Å²) >= 11 is 8.03. The summed E-state index contributed by atoms with van der Waals surface area (Å²) in [6.45, 7) is 9.90. The van der Waals surface area contributed by atoms with Crippen molar-refractivity contribution < 1.29 is 9.47 Å². The molecule has 120 valence electrons. The van der Waals surface area contributed by atoms with E-state index >= 15 is 0 Å². The number of hydrogen-bond donors (Lipinski definition) is 1. The summed E-state index contributed by atoms with van der Waals surface area (Å²) in [5.41, 5.74) is 1.06. The fourth-order valence-corrected chi connectivity index (χ4v) is 2.50. The Kier molecular flexibility index (Phi) is 7.71. The molecule has 0 saturated carbocycles. The highest BCUT2D eigenvalue weighted by Gasteiger charge is 2.15. The zero-order valence-electron chi connectivity index (χ0n) is 13.6. The van der Waals surface area contributed by atoms with Crippen molar-refractivity contribution in [3.05, 3.63) is 22.7 Å². The van der Waals surface area contributed by atoms with Gasteiger partial charge in [-0.1, -0.05) is 18.5 Å². The molecule has 0 aliphatic heterocycles. The molecular formula is C16H26ClNO2S.